The molecular formula is C15H27F3N4O2S. The molecule has 6 nitrogen and oxygen atoms in total. The van der Waals surface area contributed by atoms with E-state index in [1.165, 1.54) is 18.1 Å². The maximum absolute atomic E-state index is 12.8. The Hall–Kier alpha value is -1.03. The van der Waals surface area contributed by atoms with Crippen molar-refractivity contribution in [2.75, 3.05) is 51.8 Å². The lowest BCUT2D eigenvalue weighted by molar-refractivity contribution is -0.181. The van der Waals surface area contributed by atoms with Crippen molar-refractivity contribution in [3.63, 3.8) is 0 Å². The summed E-state index contributed by atoms with van der Waals surface area (Å²) in [5.74, 6) is 0.778. The van der Waals surface area contributed by atoms with E-state index < -0.39 is 22.1 Å². The summed E-state index contributed by atoms with van der Waals surface area (Å²) in [6.07, 6.45) is -1.25. The average molecular weight is 384 g/mol. The third kappa shape index (κ3) is 5.73. The van der Waals surface area contributed by atoms with Gasteiger partial charge in [-0.2, -0.15) is 13.2 Å². The summed E-state index contributed by atoms with van der Waals surface area (Å²) in [6, 6.07) is -1.45. The zero-order valence-corrected chi connectivity index (χ0v) is 15.8. The lowest BCUT2D eigenvalue weighted by Crippen LogP contribution is -2.57. The fourth-order valence-corrected chi connectivity index (χ4v) is 4.74. The van der Waals surface area contributed by atoms with Crippen molar-refractivity contribution in [1.29, 1.82) is 0 Å². The normalized spacial score (nSPS) is 23.4. The van der Waals surface area contributed by atoms with Crippen LogP contribution in [-0.2, 0) is 9.84 Å². The molecule has 0 amide bonds. The molecule has 1 atom stereocenters. The zero-order chi connectivity index (χ0) is 18.9. The van der Waals surface area contributed by atoms with Gasteiger partial charge in [-0.25, -0.2) is 8.42 Å². The molecule has 146 valence electrons. The highest BCUT2D eigenvalue weighted by Gasteiger charge is 2.45. The summed E-state index contributed by atoms with van der Waals surface area (Å²) in [5.41, 5.74) is -0.226. The maximum atomic E-state index is 12.8. The number of guanidine groups is 1. The van der Waals surface area contributed by atoms with E-state index in [0.29, 0.717) is 38.7 Å². The summed E-state index contributed by atoms with van der Waals surface area (Å²) < 4.78 is 61.5. The monoisotopic (exact) mass is 384 g/mol. The summed E-state index contributed by atoms with van der Waals surface area (Å²) in [5, 5.41) is 3.21. The lowest BCUT2D eigenvalue weighted by Gasteiger charge is -2.39. The fourth-order valence-electron chi connectivity index (χ4n) is 3.23. The molecule has 2 fully saturated rings. The Morgan fingerprint density at radius 2 is 1.80 bits per heavy atom. The van der Waals surface area contributed by atoms with Crippen LogP contribution in [0.4, 0.5) is 13.2 Å². The van der Waals surface area contributed by atoms with Crippen LogP contribution in [-0.4, -0.2) is 88.2 Å². The number of nitrogens with one attached hydrogen (secondary N) is 1. The van der Waals surface area contributed by atoms with Crippen LogP contribution in [0.15, 0.2) is 4.99 Å². The van der Waals surface area contributed by atoms with E-state index in [1.807, 2.05) is 4.90 Å². The molecule has 0 aromatic rings. The number of alkyl halides is 3. The Bertz CT molecular complexity index is 594. The largest absolute Gasteiger partial charge is 0.403 e. The van der Waals surface area contributed by atoms with Crippen molar-refractivity contribution < 1.29 is 21.6 Å². The van der Waals surface area contributed by atoms with E-state index in [9.17, 15) is 21.6 Å². The van der Waals surface area contributed by atoms with Gasteiger partial charge in [0.15, 0.2) is 5.96 Å². The van der Waals surface area contributed by atoms with Crippen molar-refractivity contribution in [2.24, 2.45) is 10.4 Å². The Morgan fingerprint density at radius 1 is 1.24 bits per heavy atom. The van der Waals surface area contributed by atoms with E-state index in [2.05, 4.69) is 10.3 Å². The van der Waals surface area contributed by atoms with Gasteiger partial charge in [0, 0.05) is 51.4 Å². The van der Waals surface area contributed by atoms with Crippen molar-refractivity contribution in [3.05, 3.63) is 0 Å². The van der Waals surface area contributed by atoms with Crippen LogP contribution in [0.2, 0.25) is 0 Å². The Morgan fingerprint density at radius 3 is 2.20 bits per heavy atom. The lowest BCUT2D eigenvalue weighted by atomic mass is 10.1. The second-order valence-corrected chi connectivity index (χ2v) is 9.35. The molecule has 25 heavy (non-hydrogen) atoms. The summed E-state index contributed by atoms with van der Waals surface area (Å²) in [4.78, 5) is 7.55. The third-order valence-electron chi connectivity index (χ3n) is 4.99. The number of piperazine rings is 1. The van der Waals surface area contributed by atoms with E-state index >= 15 is 0 Å². The molecule has 1 saturated heterocycles. The predicted octanol–water partition coefficient (Wildman–Crippen LogP) is 0.955. The van der Waals surface area contributed by atoms with E-state index in [1.54, 1.807) is 7.05 Å². The summed E-state index contributed by atoms with van der Waals surface area (Å²) in [7, 11) is -1.41. The van der Waals surface area contributed by atoms with E-state index in [0.717, 1.165) is 12.8 Å². The molecule has 0 bridgehead atoms. The van der Waals surface area contributed by atoms with Crippen LogP contribution in [0.3, 0.4) is 0 Å². The smallest absolute Gasteiger partial charge is 0.356 e. The molecule has 1 N–H and O–H groups in total. The van der Waals surface area contributed by atoms with Gasteiger partial charge in [0.1, 0.15) is 15.9 Å². The predicted molar refractivity (Wildman–Crippen MR) is 91.4 cm³/mol. The molecule has 1 heterocycles. The van der Waals surface area contributed by atoms with Crippen LogP contribution in [0.5, 0.6) is 0 Å². The van der Waals surface area contributed by atoms with Gasteiger partial charge in [0.2, 0.25) is 0 Å². The van der Waals surface area contributed by atoms with Crippen molar-refractivity contribution in [3.8, 4) is 0 Å². The highest BCUT2D eigenvalue weighted by Crippen LogP contribution is 2.46. The molecule has 0 spiro atoms. The molecular weight excluding hydrogens is 357 g/mol. The minimum Gasteiger partial charge on any atom is -0.356 e. The second-order valence-electron chi connectivity index (χ2n) is 7.21. The molecule has 10 heteroatoms. The number of aliphatic imine (C=N–C) groups is 1. The molecule has 1 unspecified atom stereocenters. The van der Waals surface area contributed by atoms with E-state index in [-0.39, 0.29) is 11.2 Å². The number of nitrogens with zero attached hydrogens (tertiary/aromatic N) is 3. The molecule has 1 saturated carbocycles. The minimum absolute atomic E-state index is 0.154. The van der Waals surface area contributed by atoms with Gasteiger partial charge in [-0.05, 0) is 19.8 Å². The van der Waals surface area contributed by atoms with Crippen molar-refractivity contribution in [2.45, 2.75) is 32.0 Å². The number of sulfone groups is 1. The first-order valence-electron chi connectivity index (χ1n) is 8.40. The molecule has 0 radical (unpaired) electrons. The molecule has 1 aliphatic heterocycles. The van der Waals surface area contributed by atoms with Gasteiger partial charge in [-0.15, -0.1) is 0 Å². The van der Waals surface area contributed by atoms with Crippen LogP contribution >= 0.6 is 0 Å². The first-order chi connectivity index (χ1) is 11.5. The number of rotatable bonds is 5. The SMILES string of the molecule is CN=C(NCC1(CS(C)(=O)=O)CC1)N1CCN(C(C)C(F)(F)F)CC1. The average Bonchev–Trinajstić information content (AvgIpc) is 3.24. The number of hydrogen-bond acceptors (Lipinski definition) is 4. The highest BCUT2D eigenvalue weighted by molar-refractivity contribution is 7.90. The van der Waals surface area contributed by atoms with Crippen molar-refractivity contribution in [1.82, 2.24) is 15.1 Å². The van der Waals surface area contributed by atoms with Crippen LogP contribution < -0.4 is 5.32 Å². The third-order valence-corrected chi connectivity index (χ3v) is 6.13. The molecule has 0 aromatic heterocycles. The zero-order valence-electron chi connectivity index (χ0n) is 14.9. The maximum Gasteiger partial charge on any atom is 0.403 e. The standard InChI is InChI=1S/C15H27F3N4O2S/c1-12(15(16,17)18)21-6-8-22(9-7-21)13(19-2)20-10-14(4-5-14)11-25(3,23)24/h12H,4-11H2,1-3H3,(H,19,20). The topological polar surface area (TPSA) is 65.0 Å². The van der Waals surface area contributed by atoms with Crippen LogP contribution in [0, 0.1) is 5.41 Å². The van der Waals surface area contributed by atoms with Gasteiger partial charge in [0.05, 0.1) is 5.75 Å². The fraction of sp³-hybridized carbons (Fsp3) is 0.933. The first-order valence-corrected chi connectivity index (χ1v) is 10.5. The highest BCUT2D eigenvalue weighted by atomic mass is 32.2. The number of halogens is 3. The summed E-state index contributed by atoms with van der Waals surface area (Å²) in [6.45, 7) is 3.25. The Kier molecular flexibility index (Phi) is 5.92. The van der Waals surface area contributed by atoms with Crippen LogP contribution in [0.25, 0.3) is 0 Å². The molecule has 1 aliphatic carbocycles. The van der Waals surface area contributed by atoms with Gasteiger partial charge in [-0.3, -0.25) is 9.89 Å². The molecule has 2 rings (SSSR count). The second kappa shape index (κ2) is 7.30. The summed E-state index contributed by atoms with van der Waals surface area (Å²) >= 11 is 0. The van der Waals surface area contributed by atoms with Gasteiger partial charge < -0.3 is 10.2 Å². The Labute approximate surface area is 147 Å². The van der Waals surface area contributed by atoms with Crippen LogP contribution in [0.1, 0.15) is 19.8 Å². The van der Waals surface area contributed by atoms with Crippen molar-refractivity contribution >= 4 is 15.8 Å². The molecule has 0 aromatic carbocycles. The molecule has 2 aliphatic rings. The van der Waals surface area contributed by atoms with E-state index in [4.69, 9.17) is 0 Å². The number of hydrogen-bond donors (Lipinski definition) is 1. The van der Waals surface area contributed by atoms with Gasteiger partial charge in [0.25, 0.3) is 0 Å². The van der Waals surface area contributed by atoms with Gasteiger partial charge in [-0.1, -0.05) is 0 Å². The van der Waals surface area contributed by atoms with Gasteiger partial charge >= 0.3 is 6.18 Å². The quantitative estimate of drug-likeness (QED) is 0.565. The minimum atomic E-state index is -4.22. The first kappa shape index (κ1) is 20.3. The Balaban J connectivity index is 1.85.